The molecule has 0 radical (unpaired) electrons. The van der Waals surface area contributed by atoms with Crippen molar-refractivity contribution in [3.63, 3.8) is 0 Å². The van der Waals surface area contributed by atoms with Crippen LogP contribution in [0.5, 0.6) is 0 Å². The lowest BCUT2D eigenvalue weighted by molar-refractivity contribution is 0.669. The van der Waals surface area contributed by atoms with E-state index in [1.54, 1.807) is 0 Å². The first-order valence-corrected chi connectivity index (χ1v) is 8.81. The van der Waals surface area contributed by atoms with E-state index in [2.05, 4.69) is 69.9 Å². The number of hydrogen-bond acceptors (Lipinski definition) is 3. The van der Waals surface area contributed by atoms with E-state index in [9.17, 15) is 0 Å². The van der Waals surface area contributed by atoms with Crippen molar-refractivity contribution in [2.45, 2.75) is 0 Å². The number of fused-ring (bicyclic) bond motifs is 3. The van der Waals surface area contributed by atoms with Gasteiger partial charge in [-0.2, -0.15) is 0 Å². The molecule has 0 aliphatic rings. The molecule has 0 amide bonds. The predicted molar refractivity (Wildman–Crippen MR) is 97.8 cm³/mol. The maximum Gasteiger partial charge on any atom is 0.198 e. The Labute approximate surface area is 151 Å². The van der Waals surface area contributed by atoms with Crippen molar-refractivity contribution in [1.82, 2.24) is 9.97 Å². The van der Waals surface area contributed by atoms with E-state index in [4.69, 9.17) is 4.42 Å². The van der Waals surface area contributed by atoms with Gasteiger partial charge in [0.05, 0.1) is 11.3 Å². The zero-order valence-electron chi connectivity index (χ0n) is 11.0. The molecule has 0 aliphatic carbocycles. The second-order valence-electron chi connectivity index (χ2n) is 4.74. The van der Waals surface area contributed by atoms with Crippen molar-refractivity contribution in [2.24, 2.45) is 0 Å². The summed E-state index contributed by atoms with van der Waals surface area (Å²) in [5, 5.41) is 2.16. The Morgan fingerprint density at radius 2 is 1.68 bits per heavy atom. The molecule has 2 heterocycles. The molecule has 0 saturated heterocycles. The molecule has 6 heteroatoms. The Bertz CT molecular complexity index is 1010. The molecular weight excluding hydrogens is 476 g/mol. The van der Waals surface area contributed by atoms with Crippen LogP contribution in [0.2, 0.25) is 0 Å². The number of rotatable bonds is 1. The van der Waals surface area contributed by atoms with Gasteiger partial charge in [0.2, 0.25) is 0 Å². The van der Waals surface area contributed by atoms with Crippen LogP contribution in [0.25, 0.3) is 33.2 Å². The molecule has 0 N–H and O–H groups in total. The molecule has 2 aromatic heterocycles. The average molecular weight is 483 g/mol. The van der Waals surface area contributed by atoms with E-state index in [-0.39, 0.29) is 0 Å². The van der Waals surface area contributed by atoms with Gasteiger partial charge in [-0.15, -0.1) is 0 Å². The number of hydrogen-bond donors (Lipinski definition) is 0. The van der Waals surface area contributed by atoms with Crippen LogP contribution in [0.3, 0.4) is 0 Å². The molecule has 0 fully saturated rings. The van der Waals surface area contributed by atoms with Crippen molar-refractivity contribution in [1.29, 1.82) is 0 Å². The Morgan fingerprint density at radius 1 is 0.864 bits per heavy atom. The van der Waals surface area contributed by atoms with Gasteiger partial charge in [-0.25, -0.2) is 9.97 Å². The molecule has 4 aromatic rings. The smallest absolute Gasteiger partial charge is 0.198 e. The topological polar surface area (TPSA) is 38.9 Å². The minimum absolute atomic E-state index is 0.525. The van der Waals surface area contributed by atoms with Gasteiger partial charge in [-0.05, 0) is 72.1 Å². The van der Waals surface area contributed by atoms with Gasteiger partial charge in [0, 0.05) is 15.2 Å². The van der Waals surface area contributed by atoms with E-state index < -0.39 is 0 Å². The Kier molecular flexibility index (Phi) is 3.55. The summed E-state index contributed by atoms with van der Waals surface area (Å²) in [5.74, 6) is 0. The van der Waals surface area contributed by atoms with Crippen LogP contribution in [0, 0.1) is 0 Å². The second-order valence-corrected chi connectivity index (χ2v) is 7.12. The minimum atomic E-state index is 0.525. The summed E-state index contributed by atoms with van der Waals surface area (Å²) in [4.78, 5) is 8.66. The molecule has 22 heavy (non-hydrogen) atoms. The lowest BCUT2D eigenvalue weighted by Gasteiger charge is -2.06. The summed E-state index contributed by atoms with van der Waals surface area (Å²) in [6.07, 6.45) is 0. The van der Waals surface area contributed by atoms with Crippen LogP contribution >= 0.6 is 47.8 Å². The molecule has 108 valence electrons. The van der Waals surface area contributed by atoms with Gasteiger partial charge in [-0.3, -0.25) is 0 Å². The maximum atomic E-state index is 6.08. The van der Waals surface area contributed by atoms with Crippen LogP contribution in [0.1, 0.15) is 0 Å². The van der Waals surface area contributed by atoms with Gasteiger partial charge in [0.25, 0.3) is 0 Å². The molecule has 0 saturated carbocycles. The quantitative estimate of drug-likeness (QED) is 0.235. The highest BCUT2D eigenvalue weighted by Gasteiger charge is 2.17. The Balaban J connectivity index is 2.14. The molecular formula is C16H7Br3N2O. The van der Waals surface area contributed by atoms with Gasteiger partial charge in [0.1, 0.15) is 15.8 Å². The lowest BCUT2D eigenvalue weighted by atomic mass is 10.1. The number of para-hydroxylation sites is 1. The Morgan fingerprint density at radius 3 is 2.50 bits per heavy atom. The van der Waals surface area contributed by atoms with E-state index in [1.165, 1.54) is 0 Å². The van der Waals surface area contributed by atoms with E-state index >= 15 is 0 Å². The molecule has 0 aliphatic heterocycles. The third-order valence-electron chi connectivity index (χ3n) is 3.42. The van der Waals surface area contributed by atoms with E-state index in [0.717, 1.165) is 37.7 Å². The first kappa shape index (κ1) is 14.4. The largest absolute Gasteiger partial charge is 0.455 e. The number of nitrogens with zero attached hydrogens (tertiary/aromatic N) is 2. The molecule has 0 bridgehead atoms. The zero-order valence-corrected chi connectivity index (χ0v) is 15.7. The third kappa shape index (κ3) is 2.30. The summed E-state index contributed by atoms with van der Waals surface area (Å²) >= 11 is 10.4. The number of furan rings is 1. The van der Waals surface area contributed by atoms with Crippen LogP contribution < -0.4 is 0 Å². The van der Waals surface area contributed by atoms with Crippen molar-refractivity contribution < 1.29 is 4.42 Å². The highest BCUT2D eigenvalue weighted by atomic mass is 79.9. The third-order valence-corrected chi connectivity index (χ3v) is 4.84. The molecule has 3 nitrogen and oxygen atoms in total. The van der Waals surface area contributed by atoms with Crippen molar-refractivity contribution in [3.8, 4) is 11.3 Å². The fourth-order valence-corrected chi connectivity index (χ4v) is 4.04. The summed E-state index contributed by atoms with van der Waals surface area (Å²) in [6, 6.07) is 14.0. The van der Waals surface area contributed by atoms with Crippen molar-refractivity contribution in [2.75, 3.05) is 0 Å². The SMILES string of the molecule is Brc1cc(-c2c(Br)ccc3c2oc2ccccc23)nc(Br)n1. The monoisotopic (exact) mass is 480 g/mol. The molecule has 0 atom stereocenters. The van der Waals surface area contributed by atoms with Crippen LogP contribution in [0.15, 0.2) is 60.7 Å². The molecule has 0 spiro atoms. The van der Waals surface area contributed by atoms with Crippen molar-refractivity contribution in [3.05, 3.63) is 56.3 Å². The van der Waals surface area contributed by atoms with E-state index in [1.807, 2.05) is 30.3 Å². The van der Waals surface area contributed by atoms with E-state index in [0.29, 0.717) is 9.34 Å². The van der Waals surface area contributed by atoms with Crippen LogP contribution in [-0.4, -0.2) is 9.97 Å². The standard InChI is InChI=1S/C16H7Br3N2O/c17-10-6-5-9-8-3-1-2-4-12(8)22-15(9)14(10)11-7-13(18)21-16(19)20-11/h1-7H. The molecule has 4 rings (SSSR count). The lowest BCUT2D eigenvalue weighted by Crippen LogP contribution is -1.90. The van der Waals surface area contributed by atoms with Crippen LogP contribution in [0.4, 0.5) is 0 Å². The summed E-state index contributed by atoms with van der Waals surface area (Å²) < 4.78 is 8.24. The summed E-state index contributed by atoms with van der Waals surface area (Å²) in [5.41, 5.74) is 3.37. The fourth-order valence-electron chi connectivity index (χ4n) is 2.52. The summed E-state index contributed by atoms with van der Waals surface area (Å²) in [6.45, 7) is 0. The van der Waals surface area contributed by atoms with Crippen LogP contribution in [-0.2, 0) is 0 Å². The van der Waals surface area contributed by atoms with Gasteiger partial charge in [-0.1, -0.05) is 18.2 Å². The number of halogens is 3. The first-order valence-electron chi connectivity index (χ1n) is 6.44. The van der Waals surface area contributed by atoms with Gasteiger partial charge in [0.15, 0.2) is 4.73 Å². The first-order chi connectivity index (χ1) is 10.6. The fraction of sp³-hybridized carbons (Fsp3) is 0. The number of aromatic nitrogens is 2. The Hall–Kier alpha value is -1.24. The summed E-state index contributed by atoms with van der Waals surface area (Å²) in [7, 11) is 0. The predicted octanol–water partition coefficient (Wildman–Crippen LogP) is 6.33. The molecule has 0 unspecified atom stereocenters. The minimum Gasteiger partial charge on any atom is -0.455 e. The maximum absolute atomic E-state index is 6.08. The normalized spacial score (nSPS) is 11.4. The highest BCUT2D eigenvalue weighted by Crippen LogP contribution is 2.40. The molecule has 2 aromatic carbocycles. The number of benzene rings is 2. The second kappa shape index (κ2) is 5.44. The van der Waals surface area contributed by atoms with Crippen molar-refractivity contribution >= 4 is 69.7 Å². The van der Waals surface area contributed by atoms with Gasteiger partial charge >= 0.3 is 0 Å². The average Bonchev–Trinajstić information content (AvgIpc) is 2.84. The van der Waals surface area contributed by atoms with Gasteiger partial charge < -0.3 is 4.42 Å². The highest BCUT2D eigenvalue weighted by molar-refractivity contribution is 9.11. The zero-order chi connectivity index (χ0) is 15.3.